The van der Waals surface area contributed by atoms with E-state index in [1.54, 1.807) is 5.38 Å². The highest BCUT2D eigenvalue weighted by Gasteiger charge is 2.10. The number of amides is 1. The van der Waals surface area contributed by atoms with Crippen LogP contribution in [-0.4, -0.2) is 16.8 Å². The van der Waals surface area contributed by atoms with Gasteiger partial charge in [0.15, 0.2) is 16.8 Å². The molecule has 2 aromatic rings. The largest absolute Gasteiger partial charge is 0.302 e. The van der Waals surface area contributed by atoms with Gasteiger partial charge in [-0.15, -0.1) is 22.9 Å². The van der Waals surface area contributed by atoms with Gasteiger partial charge in [0, 0.05) is 23.2 Å². The highest BCUT2D eigenvalue weighted by Crippen LogP contribution is 2.26. The number of alkyl halides is 1. The summed E-state index contributed by atoms with van der Waals surface area (Å²) in [6.45, 7) is 0. The number of benzene rings is 1. The van der Waals surface area contributed by atoms with Gasteiger partial charge < -0.3 is 5.32 Å². The van der Waals surface area contributed by atoms with Gasteiger partial charge in [-0.2, -0.15) is 0 Å². The number of halogens is 3. The van der Waals surface area contributed by atoms with Crippen molar-refractivity contribution in [3.8, 4) is 11.3 Å². The predicted octanol–water partition coefficient (Wildman–Crippen LogP) is 4.44. The van der Waals surface area contributed by atoms with Crippen LogP contribution >= 0.6 is 22.9 Å². The minimum absolute atomic E-state index is 0.133. The molecule has 0 spiro atoms. The van der Waals surface area contributed by atoms with Gasteiger partial charge in [0.25, 0.3) is 0 Å². The van der Waals surface area contributed by atoms with Crippen LogP contribution in [-0.2, 0) is 4.79 Å². The fourth-order valence-corrected chi connectivity index (χ4v) is 2.61. The van der Waals surface area contributed by atoms with E-state index >= 15 is 0 Å². The summed E-state index contributed by atoms with van der Waals surface area (Å²) in [6, 6.07) is 3.57. The summed E-state index contributed by atoms with van der Waals surface area (Å²) in [4.78, 5) is 15.8. The van der Waals surface area contributed by atoms with Gasteiger partial charge in [0.1, 0.15) is 0 Å². The molecule has 0 saturated carbocycles. The highest BCUT2D eigenvalue weighted by atomic mass is 35.5. The van der Waals surface area contributed by atoms with Gasteiger partial charge >= 0.3 is 0 Å². The molecule has 1 amide bonds. The Morgan fingerprint density at radius 2 is 2.10 bits per heavy atom. The van der Waals surface area contributed by atoms with Gasteiger partial charge in [0.05, 0.1) is 5.69 Å². The quantitative estimate of drug-likeness (QED) is 0.628. The molecule has 3 nitrogen and oxygen atoms in total. The van der Waals surface area contributed by atoms with Crippen LogP contribution in [0.1, 0.15) is 19.3 Å². The first-order valence-corrected chi connectivity index (χ1v) is 7.78. The zero-order chi connectivity index (χ0) is 15.2. The first kappa shape index (κ1) is 15.9. The average molecular weight is 331 g/mol. The molecule has 0 saturated heterocycles. The van der Waals surface area contributed by atoms with Crippen LogP contribution in [0.3, 0.4) is 0 Å². The van der Waals surface area contributed by atoms with E-state index in [1.165, 1.54) is 17.4 Å². The molecule has 0 atom stereocenters. The maximum atomic E-state index is 13.2. The molecule has 1 aromatic heterocycles. The number of hydrogen-bond acceptors (Lipinski definition) is 3. The summed E-state index contributed by atoms with van der Waals surface area (Å²) in [5.41, 5.74) is 0.961. The molecular weight excluding hydrogens is 318 g/mol. The van der Waals surface area contributed by atoms with Gasteiger partial charge in [0.2, 0.25) is 5.91 Å². The van der Waals surface area contributed by atoms with Gasteiger partial charge in [-0.1, -0.05) is 0 Å². The number of carbonyl (C=O) groups excluding carboxylic acids is 1. The monoisotopic (exact) mass is 330 g/mol. The number of rotatable bonds is 6. The van der Waals surface area contributed by atoms with Crippen molar-refractivity contribution >= 4 is 34.0 Å². The lowest BCUT2D eigenvalue weighted by atomic mass is 10.2. The maximum Gasteiger partial charge on any atom is 0.226 e. The van der Waals surface area contributed by atoms with Crippen LogP contribution in [0.15, 0.2) is 23.6 Å². The third-order valence-corrected chi connectivity index (χ3v) is 3.78. The third kappa shape index (κ3) is 4.47. The number of unbranched alkanes of at least 4 members (excludes halogenated alkanes) is 1. The Kier molecular flexibility index (Phi) is 5.64. The molecule has 21 heavy (non-hydrogen) atoms. The molecule has 1 heterocycles. The second kappa shape index (κ2) is 7.47. The van der Waals surface area contributed by atoms with Crippen molar-refractivity contribution in [1.29, 1.82) is 0 Å². The van der Waals surface area contributed by atoms with E-state index in [2.05, 4.69) is 10.3 Å². The van der Waals surface area contributed by atoms with E-state index in [-0.39, 0.29) is 5.91 Å². The topological polar surface area (TPSA) is 42.0 Å². The normalized spacial score (nSPS) is 10.6. The summed E-state index contributed by atoms with van der Waals surface area (Å²) in [7, 11) is 0. The second-order valence-electron chi connectivity index (χ2n) is 4.36. The molecule has 0 aliphatic rings. The van der Waals surface area contributed by atoms with E-state index < -0.39 is 11.6 Å². The summed E-state index contributed by atoms with van der Waals surface area (Å²) < 4.78 is 26.1. The Bertz CT molecular complexity index is 633. The smallest absolute Gasteiger partial charge is 0.226 e. The van der Waals surface area contributed by atoms with Crippen molar-refractivity contribution in [2.24, 2.45) is 0 Å². The Labute approximate surface area is 130 Å². The van der Waals surface area contributed by atoms with E-state index in [1.807, 2.05) is 0 Å². The summed E-state index contributed by atoms with van der Waals surface area (Å²) in [6.07, 6.45) is 1.89. The Hall–Kier alpha value is -1.53. The van der Waals surface area contributed by atoms with Gasteiger partial charge in [-0.05, 0) is 31.0 Å². The van der Waals surface area contributed by atoms with Gasteiger partial charge in [-0.3, -0.25) is 4.79 Å². The van der Waals surface area contributed by atoms with Crippen LogP contribution in [0.5, 0.6) is 0 Å². The standard InChI is InChI=1S/C14H13ClF2N2OS/c15-6-2-1-3-13(20)19-14-18-12(8-21-14)9-4-5-10(16)11(17)7-9/h4-5,7-8H,1-3,6H2,(H,18,19,20). The van der Waals surface area contributed by atoms with Crippen molar-refractivity contribution in [3.05, 3.63) is 35.2 Å². The summed E-state index contributed by atoms with van der Waals surface area (Å²) in [5, 5.41) is 4.79. The number of carbonyl (C=O) groups is 1. The number of nitrogens with zero attached hydrogens (tertiary/aromatic N) is 1. The lowest BCUT2D eigenvalue weighted by molar-refractivity contribution is -0.116. The molecule has 0 radical (unpaired) electrons. The highest BCUT2D eigenvalue weighted by molar-refractivity contribution is 7.14. The first-order chi connectivity index (χ1) is 10.1. The fraction of sp³-hybridized carbons (Fsp3) is 0.286. The minimum atomic E-state index is -0.924. The molecular formula is C14H13ClF2N2OS. The van der Waals surface area contributed by atoms with Crippen LogP contribution in [0, 0.1) is 11.6 Å². The van der Waals surface area contributed by atoms with Crippen molar-refractivity contribution in [2.75, 3.05) is 11.2 Å². The van der Waals surface area contributed by atoms with Crippen molar-refractivity contribution in [2.45, 2.75) is 19.3 Å². The molecule has 0 aliphatic carbocycles. The lowest BCUT2D eigenvalue weighted by Crippen LogP contribution is -2.10. The molecule has 112 valence electrons. The van der Waals surface area contributed by atoms with Gasteiger partial charge in [-0.25, -0.2) is 13.8 Å². The molecule has 0 bridgehead atoms. The average Bonchev–Trinajstić information content (AvgIpc) is 2.90. The van der Waals surface area contributed by atoms with Crippen molar-refractivity contribution < 1.29 is 13.6 Å². The Morgan fingerprint density at radius 3 is 2.81 bits per heavy atom. The number of nitrogens with one attached hydrogen (secondary N) is 1. The van der Waals surface area contributed by atoms with E-state index in [4.69, 9.17) is 11.6 Å². The van der Waals surface area contributed by atoms with Crippen LogP contribution in [0.25, 0.3) is 11.3 Å². The van der Waals surface area contributed by atoms with Crippen LogP contribution in [0.2, 0.25) is 0 Å². The summed E-state index contributed by atoms with van der Waals surface area (Å²) >= 11 is 6.78. The molecule has 1 aromatic carbocycles. The minimum Gasteiger partial charge on any atom is -0.302 e. The molecule has 0 aliphatic heterocycles. The Morgan fingerprint density at radius 1 is 1.29 bits per heavy atom. The van der Waals surface area contributed by atoms with E-state index in [0.717, 1.165) is 25.0 Å². The summed E-state index contributed by atoms with van der Waals surface area (Å²) in [5.74, 6) is -1.43. The van der Waals surface area contributed by atoms with Crippen LogP contribution in [0.4, 0.5) is 13.9 Å². The third-order valence-electron chi connectivity index (χ3n) is 2.75. The molecule has 2 rings (SSSR count). The maximum absolute atomic E-state index is 13.2. The zero-order valence-electron chi connectivity index (χ0n) is 11.0. The SMILES string of the molecule is O=C(CCCCCl)Nc1nc(-c2ccc(F)c(F)c2)cs1. The van der Waals surface area contributed by atoms with Crippen LogP contribution < -0.4 is 5.32 Å². The molecule has 1 N–H and O–H groups in total. The number of anilines is 1. The number of thiazole rings is 1. The number of aromatic nitrogens is 1. The zero-order valence-corrected chi connectivity index (χ0v) is 12.6. The Balaban J connectivity index is 2.00. The lowest BCUT2D eigenvalue weighted by Gasteiger charge is -2.00. The molecule has 0 fully saturated rings. The van der Waals surface area contributed by atoms with E-state index in [9.17, 15) is 13.6 Å². The fourth-order valence-electron chi connectivity index (χ4n) is 1.68. The predicted molar refractivity (Wildman–Crippen MR) is 80.7 cm³/mol. The van der Waals surface area contributed by atoms with Crippen molar-refractivity contribution in [3.63, 3.8) is 0 Å². The molecule has 0 unspecified atom stereocenters. The molecule has 7 heteroatoms. The van der Waals surface area contributed by atoms with Crippen molar-refractivity contribution in [1.82, 2.24) is 4.98 Å². The van der Waals surface area contributed by atoms with E-state index in [0.29, 0.717) is 28.7 Å². The number of hydrogen-bond donors (Lipinski definition) is 1. The second-order valence-corrected chi connectivity index (χ2v) is 5.60. The first-order valence-electron chi connectivity index (χ1n) is 6.37.